The summed E-state index contributed by atoms with van der Waals surface area (Å²) in [6.07, 6.45) is 11.8. The minimum absolute atomic E-state index is 0.128. The van der Waals surface area contributed by atoms with Gasteiger partial charge in [-0.15, -0.1) is 0 Å². The van der Waals surface area contributed by atoms with Gasteiger partial charge in [0.25, 0.3) is 0 Å². The van der Waals surface area contributed by atoms with Gasteiger partial charge in [-0.1, -0.05) is 0 Å². The van der Waals surface area contributed by atoms with Crippen LogP contribution < -0.4 is 5.32 Å². The van der Waals surface area contributed by atoms with E-state index in [1.807, 2.05) is 24.1 Å². The molecule has 24 heavy (non-hydrogen) atoms. The van der Waals surface area contributed by atoms with Gasteiger partial charge in [0.2, 0.25) is 0 Å². The van der Waals surface area contributed by atoms with Gasteiger partial charge in [0.15, 0.2) is 5.65 Å². The van der Waals surface area contributed by atoms with E-state index in [1.54, 1.807) is 12.4 Å². The summed E-state index contributed by atoms with van der Waals surface area (Å²) in [5, 5.41) is 7.84. The van der Waals surface area contributed by atoms with Gasteiger partial charge < -0.3 is 15.0 Å². The molecule has 0 bridgehead atoms. The lowest BCUT2D eigenvalue weighted by Gasteiger charge is -2.31. The number of rotatable bonds is 5. The van der Waals surface area contributed by atoms with Crippen LogP contribution in [0.25, 0.3) is 11.2 Å². The van der Waals surface area contributed by atoms with Gasteiger partial charge in [0, 0.05) is 68.6 Å². The molecule has 0 aromatic carbocycles. The van der Waals surface area contributed by atoms with Crippen molar-refractivity contribution >= 4 is 11.2 Å². The lowest BCUT2D eigenvalue weighted by molar-refractivity contribution is -0.0279. The molecule has 1 fully saturated rings. The number of aromatic amines is 1. The van der Waals surface area contributed by atoms with Crippen molar-refractivity contribution < 1.29 is 4.74 Å². The summed E-state index contributed by atoms with van der Waals surface area (Å²) in [5.74, 6) is 0.458. The van der Waals surface area contributed by atoms with E-state index in [0.29, 0.717) is 5.92 Å². The Balaban J connectivity index is 1.40. The molecule has 7 heteroatoms. The Bertz CT molecular complexity index is 810. The smallest absolute Gasteiger partial charge is 0.156 e. The molecule has 0 radical (unpaired) electrons. The molecule has 0 amide bonds. The van der Waals surface area contributed by atoms with Gasteiger partial charge in [-0.3, -0.25) is 9.67 Å². The predicted molar refractivity (Wildman–Crippen MR) is 90.2 cm³/mol. The van der Waals surface area contributed by atoms with Gasteiger partial charge in [0.05, 0.1) is 12.3 Å². The van der Waals surface area contributed by atoms with Crippen LogP contribution in [0.15, 0.2) is 31.0 Å². The van der Waals surface area contributed by atoms with Crippen molar-refractivity contribution in [2.24, 2.45) is 13.0 Å². The molecule has 1 aliphatic heterocycles. The molecule has 0 aliphatic carbocycles. The van der Waals surface area contributed by atoms with Gasteiger partial charge in [-0.25, -0.2) is 4.98 Å². The summed E-state index contributed by atoms with van der Waals surface area (Å²) in [6, 6.07) is 0. The first-order chi connectivity index (χ1) is 11.8. The second-order valence-corrected chi connectivity index (χ2v) is 6.34. The van der Waals surface area contributed by atoms with Crippen LogP contribution in [0.1, 0.15) is 30.1 Å². The zero-order chi connectivity index (χ0) is 16.4. The van der Waals surface area contributed by atoms with Gasteiger partial charge in [0.1, 0.15) is 5.52 Å². The van der Waals surface area contributed by atoms with E-state index >= 15 is 0 Å². The largest absolute Gasteiger partial charge is 0.373 e. The van der Waals surface area contributed by atoms with Crippen molar-refractivity contribution in [2.75, 3.05) is 13.2 Å². The Kier molecular flexibility index (Phi) is 4.27. The fourth-order valence-corrected chi connectivity index (χ4v) is 3.44. The van der Waals surface area contributed by atoms with E-state index in [-0.39, 0.29) is 6.10 Å². The molecular formula is C17H22N6O. The zero-order valence-electron chi connectivity index (χ0n) is 13.8. The van der Waals surface area contributed by atoms with Crippen LogP contribution in [-0.4, -0.2) is 37.9 Å². The van der Waals surface area contributed by atoms with E-state index in [4.69, 9.17) is 4.74 Å². The molecule has 0 saturated carbocycles. The van der Waals surface area contributed by atoms with Crippen LogP contribution in [0.5, 0.6) is 0 Å². The lowest BCUT2D eigenvalue weighted by Crippen LogP contribution is -2.31. The second-order valence-electron chi connectivity index (χ2n) is 6.34. The quantitative estimate of drug-likeness (QED) is 0.749. The Hall–Kier alpha value is -2.25. The fraction of sp³-hybridized carbons (Fsp3) is 0.471. The van der Waals surface area contributed by atoms with Gasteiger partial charge >= 0.3 is 0 Å². The first-order valence-corrected chi connectivity index (χ1v) is 8.39. The summed E-state index contributed by atoms with van der Waals surface area (Å²) in [4.78, 5) is 11.8. The predicted octanol–water partition coefficient (Wildman–Crippen LogP) is 1.95. The van der Waals surface area contributed by atoms with E-state index in [1.165, 1.54) is 12.0 Å². The van der Waals surface area contributed by atoms with E-state index < -0.39 is 0 Å². The molecule has 3 aromatic heterocycles. The summed E-state index contributed by atoms with van der Waals surface area (Å²) in [5.41, 5.74) is 4.09. The summed E-state index contributed by atoms with van der Waals surface area (Å²) in [6.45, 7) is 2.51. The highest BCUT2D eigenvalue weighted by molar-refractivity contribution is 5.74. The third-order valence-corrected chi connectivity index (χ3v) is 4.61. The number of fused-ring (bicyclic) bond motifs is 1. The Morgan fingerprint density at radius 1 is 1.38 bits per heavy atom. The number of ether oxygens (including phenoxy) is 1. The van der Waals surface area contributed by atoms with Gasteiger partial charge in [-0.2, -0.15) is 5.10 Å². The van der Waals surface area contributed by atoms with Crippen LogP contribution in [0.3, 0.4) is 0 Å². The van der Waals surface area contributed by atoms with Crippen molar-refractivity contribution in [3.05, 3.63) is 42.1 Å². The van der Waals surface area contributed by atoms with Crippen LogP contribution in [-0.2, 0) is 18.3 Å². The topological polar surface area (TPSA) is 80.6 Å². The number of nitrogens with one attached hydrogen (secondary N) is 2. The van der Waals surface area contributed by atoms with Crippen molar-refractivity contribution in [1.29, 1.82) is 0 Å². The molecule has 2 atom stereocenters. The molecule has 4 heterocycles. The Morgan fingerprint density at radius 2 is 2.29 bits per heavy atom. The highest BCUT2D eigenvalue weighted by Crippen LogP contribution is 2.33. The first-order valence-electron chi connectivity index (χ1n) is 8.39. The molecule has 0 spiro atoms. The van der Waals surface area contributed by atoms with Crippen molar-refractivity contribution in [3.63, 3.8) is 0 Å². The molecule has 2 N–H and O–H groups in total. The highest BCUT2D eigenvalue weighted by Gasteiger charge is 2.28. The standard InChI is InChI=1S/C17H22N6O/c1-23-11-14(10-22-23)16-12(3-2-6-24-16)7-18-8-13-9-21-17-15(13)19-4-5-20-17/h4-5,9-12,16,18H,2-3,6-8H2,1H3,(H,20,21)/t12-,16+/m0/s1. The fourth-order valence-electron chi connectivity index (χ4n) is 3.44. The molecule has 126 valence electrons. The monoisotopic (exact) mass is 326 g/mol. The van der Waals surface area contributed by atoms with E-state index in [0.717, 1.165) is 42.8 Å². The zero-order valence-corrected chi connectivity index (χ0v) is 13.8. The normalized spacial score (nSPS) is 21.4. The maximum Gasteiger partial charge on any atom is 0.156 e. The molecule has 4 rings (SSSR count). The number of H-pyrrole nitrogens is 1. The van der Waals surface area contributed by atoms with Crippen LogP contribution in [0.2, 0.25) is 0 Å². The van der Waals surface area contributed by atoms with E-state index in [9.17, 15) is 0 Å². The molecular weight excluding hydrogens is 304 g/mol. The van der Waals surface area contributed by atoms with Crippen LogP contribution >= 0.6 is 0 Å². The number of aromatic nitrogens is 5. The second kappa shape index (κ2) is 6.70. The maximum atomic E-state index is 6.03. The van der Waals surface area contributed by atoms with Crippen LogP contribution in [0.4, 0.5) is 0 Å². The highest BCUT2D eigenvalue weighted by atomic mass is 16.5. The summed E-state index contributed by atoms with van der Waals surface area (Å²) >= 11 is 0. The number of hydrogen-bond donors (Lipinski definition) is 2. The lowest BCUT2D eigenvalue weighted by atomic mass is 9.91. The first kappa shape index (κ1) is 15.3. The minimum Gasteiger partial charge on any atom is -0.373 e. The third-order valence-electron chi connectivity index (χ3n) is 4.61. The number of hydrogen-bond acceptors (Lipinski definition) is 5. The Labute approximate surface area is 140 Å². The van der Waals surface area contributed by atoms with Crippen molar-refractivity contribution in [3.8, 4) is 0 Å². The average molecular weight is 326 g/mol. The van der Waals surface area contributed by atoms with Crippen molar-refractivity contribution in [2.45, 2.75) is 25.5 Å². The molecule has 7 nitrogen and oxygen atoms in total. The SMILES string of the molecule is Cn1cc([C@@H]2OCCC[C@H]2CNCc2c[nH]c3nccnc23)cn1. The molecule has 3 aromatic rings. The van der Waals surface area contributed by atoms with E-state index in [2.05, 4.69) is 31.6 Å². The van der Waals surface area contributed by atoms with Crippen molar-refractivity contribution in [1.82, 2.24) is 30.0 Å². The summed E-state index contributed by atoms with van der Waals surface area (Å²) in [7, 11) is 1.94. The minimum atomic E-state index is 0.128. The molecule has 1 saturated heterocycles. The summed E-state index contributed by atoms with van der Waals surface area (Å²) < 4.78 is 7.86. The number of nitrogens with zero attached hydrogens (tertiary/aromatic N) is 4. The molecule has 1 aliphatic rings. The number of aryl methyl sites for hydroxylation is 1. The maximum absolute atomic E-state index is 6.03. The van der Waals surface area contributed by atoms with Crippen LogP contribution in [0, 0.1) is 5.92 Å². The average Bonchev–Trinajstić information content (AvgIpc) is 3.22. The van der Waals surface area contributed by atoms with Gasteiger partial charge in [-0.05, 0) is 12.8 Å². The molecule has 0 unspecified atom stereocenters. The Morgan fingerprint density at radius 3 is 3.17 bits per heavy atom. The third kappa shape index (κ3) is 3.05.